The van der Waals surface area contributed by atoms with Gasteiger partial charge in [0.15, 0.2) is 0 Å². The predicted molar refractivity (Wildman–Crippen MR) is 135 cm³/mol. The minimum atomic E-state index is 0.0941. The molecular formula is C27H35ClN4O. The number of hydrogen-bond acceptors (Lipinski definition) is 3. The van der Waals surface area contributed by atoms with Crippen LogP contribution in [0, 0.1) is 11.8 Å². The molecule has 3 aromatic rings. The largest absolute Gasteiger partial charge is 0.353 e. The Morgan fingerprint density at radius 3 is 2.45 bits per heavy atom. The van der Waals surface area contributed by atoms with E-state index in [1.807, 2.05) is 18.2 Å². The highest BCUT2D eigenvalue weighted by Crippen LogP contribution is 2.30. The highest BCUT2D eigenvalue weighted by atomic mass is 35.5. The lowest BCUT2D eigenvalue weighted by atomic mass is 9.94. The second-order valence-corrected chi connectivity index (χ2v) is 10.1. The first-order chi connectivity index (χ1) is 15.8. The van der Waals surface area contributed by atoms with Crippen molar-refractivity contribution in [2.45, 2.75) is 59.2 Å². The molecule has 2 unspecified atom stereocenters. The summed E-state index contributed by atoms with van der Waals surface area (Å²) in [6.07, 6.45) is 1.76. The van der Waals surface area contributed by atoms with E-state index in [0.29, 0.717) is 10.9 Å². The van der Waals surface area contributed by atoms with Crippen LogP contribution in [0.25, 0.3) is 11.0 Å². The molecule has 1 fully saturated rings. The molecule has 2 atom stereocenters. The third-order valence-corrected chi connectivity index (χ3v) is 7.35. The van der Waals surface area contributed by atoms with E-state index < -0.39 is 0 Å². The molecule has 2 aromatic carbocycles. The molecule has 2 heterocycles. The van der Waals surface area contributed by atoms with Crippen LogP contribution in [0.4, 0.5) is 0 Å². The first kappa shape index (κ1) is 23.8. The van der Waals surface area contributed by atoms with Gasteiger partial charge in [0.1, 0.15) is 5.82 Å². The maximum Gasteiger partial charge on any atom is 0.223 e. The summed E-state index contributed by atoms with van der Waals surface area (Å²) in [5, 5.41) is 3.90. The molecule has 6 heteroatoms. The summed E-state index contributed by atoms with van der Waals surface area (Å²) in [5.74, 6) is 1.79. The second kappa shape index (κ2) is 10.3. The zero-order chi connectivity index (χ0) is 23.5. The molecule has 33 heavy (non-hydrogen) atoms. The van der Waals surface area contributed by atoms with Crippen molar-refractivity contribution >= 4 is 28.5 Å². The SMILES string of the molecule is CC(C)C(C)NC(=O)C1CCN(C(C)c2nc3cc(Cl)ccc3n2Cc2ccccc2)CC1. The fourth-order valence-corrected chi connectivity index (χ4v) is 4.76. The highest BCUT2D eigenvalue weighted by Gasteiger charge is 2.30. The Kier molecular flexibility index (Phi) is 7.40. The van der Waals surface area contributed by atoms with E-state index in [1.165, 1.54) is 5.56 Å². The monoisotopic (exact) mass is 466 g/mol. The van der Waals surface area contributed by atoms with Crippen LogP contribution in [-0.2, 0) is 11.3 Å². The molecule has 1 aromatic heterocycles. The van der Waals surface area contributed by atoms with Gasteiger partial charge in [-0.05, 0) is 69.5 Å². The summed E-state index contributed by atoms with van der Waals surface area (Å²) in [6, 6.07) is 16.8. The number of benzene rings is 2. The lowest BCUT2D eigenvalue weighted by Crippen LogP contribution is -2.45. The number of nitrogens with zero attached hydrogens (tertiary/aromatic N) is 3. The summed E-state index contributed by atoms with van der Waals surface area (Å²) in [5.41, 5.74) is 3.27. The number of likely N-dealkylation sites (tertiary alicyclic amines) is 1. The van der Waals surface area contributed by atoms with Crippen LogP contribution < -0.4 is 5.32 Å². The average molecular weight is 467 g/mol. The van der Waals surface area contributed by atoms with Crippen LogP contribution in [-0.4, -0.2) is 39.5 Å². The number of carbonyl (C=O) groups excluding carboxylic acids is 1. The predicted octanol–water partition coefficient (Wildman–Crippen LogP) is 5.67. The first-order valence-electron chi connectivity index (χ1n) is 12.1. The molecule has 0 bridgehead atoms. The first-order valence-corrected chi connectivity index (χ1v) is 12.4. The molecular weight excluding hydrogens is 432 g/mol. The Balaban J connectivity index is 1.52. The van der Waals surface area contributed by atoms with Crippen molar-refractivity contribution < 1.29 is 4.79 Å². The molecule has 0 saturated carbocycles. The second-order valence-electron chi connectivity index (χ2n) is 9.70. The van der Waals surface area contributed by atoms with Crippen molar-refractivity contribution in [2.75, 3.05) is 13.1 Å². The lowest BCUT2D eigenvalue weighted by Gasteiger charge is -2.36. The van der Waals surface area contributed by atoms with E-state index in [4.69, 9.17) is 16.6 Å². The van der Waals surface area contributed by atoms with Crippen molar-refractivity contribution in [1.29, 1.82) is 0 Å². The maximum absolute atomic E-state index is 12.7. The van der Waals surface area contributed by atoms with Crippen molar-refractivity contribution in [1.82, 2.24) is 19.8 Å². The number of halogens is 1. The Bertz CT molecular complexity index is 1090. The zero-order valence-corrected chi connectivity index (χ0v) is 20.8. The number of carbonyl (C=O) groups is 1. The summed E-state index contributed by atoms with van der Waals surface area (Å²) < 4.78 is 2.31. The number of nitrogens with one attached hydrogen (secondary N) is 1. The third-order valence-electron chi connectivity index (χ3n) is 7.11. The average Bonchev–Trinajstić information content (AvgIpc) is 3.16. The smallest absolute Gasteiger partial charge is 0.223 e. The summed E-state index contributed by atoms with van der Waals surface area (Å²) >= 11 is 6.27. The van der Waals surface area contributed by atoms with Crippen LogP contribution in [0.3, 0.4) is 0 Å². The van der Waals surface area contributed by atoms with Gasteiger partial charge < -0.3 is 9.88 Å². The lowest BCUT2D eigenvalue weighted by molar-refractivity contribution is -0.127. The van der Waals surface area contributed by atoms with Gasteiger partial charge in [0.2, 0.25) is 5.91 Å². The van der Waals surface area contributed by atoms with Gasteiger partial charge in [0, 0.05) is 23.5 Å². The minimum absolute atomic E-state index is 0.0941. The van der Waals surface area contributed by atoms with Gasteiger partial charge in [0.05, 0.1) is 17.1 Å². The van der Waals surface area contributed by atoms with Crippen LogP contribution in [0.2, 0.25) is 5.02 Å². The summed E-state index contributed by atoms with van der Waals surface area (Å²) in [7, 11) is 0. The number of amides is 1. The van der Waals surface area contributed by atoms with Crippen molar-refractivity contribution in [3.05, 3.63) is 64.9 Å². The molecule has 1 saturated heterocycles. The van der Waals surface area contributed by atoms with Crippen molar-refractivity contribution in [3.8, 4) is 0 Å². The van der Waals surface area contributed by atoms with Gasteiger partial charge in [-0.1, -0.05) is 55.8 Å². The Morgan fingerprint density at radius 1 is 1.09 bits per heavy atom. The van der Waals surface area contributed by atoms with Gasteiger partial charge in [0.25, 0.3) is 0 Å². The molecule has 1 amide bonds. The topological polar surface area (TPSA) is 50.2 Å². The van der Waals surface area contributed by atoms with Crippen molar-refractivity contribution in [3.63, 3.8) is 0 Å². The molecule has 1 N–H and O–H groups in total. The number of fused-ring (bicyclic) bond motifs is 1. The molecule has 4 rings (SSSR count). The number of hydrogen-bond donors (Lipinski definition) is 1. The summed E-state index contributed by atoms with van der Waals surface area (Å²) in [4.78, 5) is 20.2. The Labute approximate surface area is 202 Å². The molecule has 0 spiro atoms. The van der Waals surface area contributed by atoms with Gasteiger partial charge in [-0.2, -0.15) is 0 Å². The molecule has 1 aliphatic rings. The van der Waals surface area contributed by atoms with Crippen LogP contribution in [0.5, 0.6) is 0 Å². The Hall–Kier alpha value is -2.37. The molecule has 5 nitrogen and oxygen atoms in total. The van der Waals surface area contributed by atoms with E-state index in [9.17, 15) is 4.79 Å². The molecule has 0 radical (unpaired) electrons. The fourth-order valence-electron chi connectivity index (χ4n) is 4.59. The fraction of sp³-hybridized carbons (Fsp3) is 0.481. The zero-order valence-electron chi connectivity index (χ0n) is 20.1. The van der Waals surface area contributed by atoms with Gasteiger partial charge in [-0.3, -0.25) is 9.69 Å². The Morgan fingerprint density at radius 2 is 1.79 bits per heavy atom. The van der Waals surface area contributed by atoms with E-state index in [2.05, 4.69) is 72.8 Å². The van der Waals surface area contributed by atoms with Crippen LogP contribution in [0.1, 0.15) is 58.0 Å². The van der Waals surface area contributed by atoms with Crippen LogP contribution >= 0.6 is 11.6 Å². The number of piperidine rings is 1. The number of aromatic nitrogens is 2. The number of imidazole rings is 1. The standard InChI is InChI=1S/C27H35ClN4O/c1-18(2)19(3)29-27(33)22-12-14-31(15-13-22)20(4)26-30-24-16-23(28)10-11-25(24)32(26)17-21-8-6-5-7-9-21/h5-11,16,18-20,22H,12-15,17H2,1-4H3,(H,29,33). The molecule has 1 aliphatic heterocycles. The number of rotatable bonds is 7. The van der Waals surface area contributed by atoms with Gasteiger partial charge >= 0.3 is 0 Å². The normalized spacial score (nSPS) is 17.4. The minimum Gasteiger partial charge on any atom is -0.353 e. The summed E-state index contributed by atoms with van der Waals surface area (Å²) in [6.45, 7) is 11.2. The molecule has 0 aliphatic carbocycles. The van der Waals surface area contributed by atoms with E-state index in [0.717, 1.165) is 49.3 Å². The van der Waals surface area contributed by atoms with Crippen LogP contribution in [0.15, 0.2) is 48.5 Å². The quantitative estimate of drug-likeness (QED) is 0.488. The van der Waals surface area contributed by atoms with Gasteiger partial charge in [-0.15, -0.1) is 0 Å². The van der Waals surface area contributed by atoms with E-state index in [-0.39, 0.29) is 23.9 Å². The molecule has 176 valence electrons. The van der Waals surface area contributed by atoms with E-state index in [1.54, 1.807) is 0 Å². The highest BCUT2D eigenvalue weighted by molar-refractivity contribution is 6.31. The van der Waals surface area contributed by atoms with Crippen molar-refractivity contribution in [2.24, 2.45) is 11.8 Å². The van der Waals surface area contributed by atoms with E-state index >= 15 is 0 Å². The maximum atomic E-state index is 12.7. The third kappa shape index (κ3) is 5.42. The van der Waals surface area contributed by atoms with Gasteiger partial charge in [-0.25, -0.2) is 4.98 Å².